The summed E-state index contributed by atoms with van der Waals surface area (Å²) in [5.41, 5.74) is 2.00. The number of guanidine groups is 1. The minimum Gasteiger partial charge on any atom is -0.493 e. The second kappa shape index (κ2) is 12.0. The van der Waals surface area contributed by atoms with Crippen LogP contribution in [0.1, 0.15) is 11.1 Å². The lowest BCUT2D eigenvalue weighted by Crippen LogP contribution is -2.41. The predicted molar refractivity (Wildman–Crippen MR) is 120 cm³/mol. The van der Waals surface area contributed by atoms with E-state index in [1.807, 2.05) is 48.5 Å². The lowest BCUT2D eigenvalue weighted by Gasteiger charge is -2.13. The van der Waals surface area contributed by atoms with Crippen molar-refractivity contribution in [2.75, 3.05) is 40.1 Å². The summed E-state index contributed by atoms with van der Waals surface area (Å²) in [5, 5.41) is 6.21. The van der Waals surface area contributed by atoms with E-state index < -0.39 is 10.0 Å². The van der Waals surface area contributed by atoms with Gasteiger partial charge in [0.25, 0.3) is 0 Å². The highest BCUT2D eigenvalue weighted by Crippen LogP contribution is 2.27. The van der Waals surface area contributed by atoms with Crippen molar-refractivity contribution >= 4 is 16.0 Å². The fraction of sp³-hybridized carbons (Fsp3) is 0.381. The number of methoxy groups -OCH3 is 2. The van der Waals surface area contributed by atoms with Gasteiger partial charge in [-0.05, 0) is 29.7 Å². The summed E-state index contributed by atoms with van der Waals surface area (Å²) in [6, 6.07) is 15.2. The smallest absolute Gasteiger partial charge is 0.213 e. The lowest BCUT2D eigenvalue weighted by atomic mass is 10.1. The Morgan fingerprint density at radius 2 is 1.63 bits per heavy atom. The van der Waals surface area contributed by atoms with Crippen LogP contribution < -0.4 is 24.8 Å². The Bertz CT molecular complexity index is 918. The maximum atomic E-state index is 12.2. The van der Waals surface area contributed by atoms with E-state index in [2.05, 4.69) is 20.3 Å². The molecular weight excluding hydrogens is 404 g/mol. The third-order valence-electron chi connectivity index (χ3n) is 4.38. The summed E-state index contributed by atoms with van der Waals surface area (Å²) in [7, 11) is 1.47. The third-order valence-corrected chi connectivity index (χ3v) is 5.71. The first-order valence-corrected chi connectivity index (χ1v) is 11.3. The first-order chi connectivity index (χ1) is 14.5. The Kier molecular flexibility index (Phi) is 9.43. The second-order valence-electron chi connectivity index (χ2n) is 6.49. The van der Waals surface area contributed by atoms with Gasteiger partial charge in [-0.1, -0.05) is 36.4 Å². The van der Waals surface area contributed by atoms with Crippen LogP contribution in [0, 0.1) is 0 Å². The first kappa shape index (κ1) is 23.5. The number of nitrogens with one attached hydrogen (secondary N) is 3. The zero-order chi connectivity index (χ0) is 21.8. The highest BCUT2D eigenvalue weighted by atomic mass is 32.2. The Balaban J connectivity index is 1.73. The molecule has 30 heavy (non-hydrogen) atoms. The van der Waals surface area contributed by atoms with Gasteiger partial charge in [-0.3, -0.25) is 4.99 Å². The molecule has 0 bridgehead atoms. The molecule has 0 radical (unpaired) electrons. The lowest BCUT2D eigenvalue weighted by molar-refractivity contribution is 0.354. The summed E-state index contributed by atoms with van der Waals surface area (Å²) >= 11 is 0. The molecule has 0 aliphatic heterocycles. The van der Waals surface area contributed by atoms with E-state index in [0.29, 0.717) is 24.0 Å². The monoisotopic (exact) mass is 434 g/mol. The van der Waals surface area contributed by atoms with Gasteiger partial charge in [0, 0.05) is 26.7 Å². The summed E-state index contributed by atoms with van der Waals surface area (Å²) in [6.07, 6.45) is 0.748. The molecule has 9 heteroatoms. The number of rotatable bonds is 11. The maximum Gasteiger partial charge on any atom is 0.213 e. The molecule has 164 valence electrons. The molecule has 0 unspecified atom stereocenters. The van der Waals surface area contributed by atoms with E-state index >= 15 is 0 Å². The second-order valence-corrected chi connectivity index (χ2v) is 8.42. The van der Waals surface area contributed by atoms with Crippen molar-refractivity contribution in [2.45, 2.75) is 13.0 Å². The fourth-order valence-electron chi connectivity index (χ4n) is 2.75. The number of sulfonamides is 1. The van der Waals surface area contributed by atoms with Gasteiger partial charge < -0.3 is 20.1 Å². The van der Waals surface area contributed by atoms with Crippen LogP contribution in [0.15, 0.2) is 53.5 Å². The van der Waals surface area contributed by atoms with Gasteiger partial charge in [0.2, 0.25) is 10.0 Å². The van der Waals surface area contributed by atoms with Crippen molar-refractivity contribution in [3.05, 3.63) is 59.7 Å². The number of aliphatic imine (C=N–C) groups is 1. The number of hydrogen-bond acceptors (Lipinski definition) is 5. The molecule has 0 saturated carbocycles. The highest BCUT2D eigenvalue weighted by molar-refractivity contribution is 7.89. The molecule has 0 fully saturated rings. The van der Waals surface area contributed by atoms with E-state index in [9.17, 15) is 8.42 Å². The minimum atomic E-state index is -3.38. The average molecular weight is 435 g/mol. The fourth-order valence-corrected chi connectivity index (χ4v) is 3.65. The molecule has 2 aromatic rings. The van der Waals surface area contributed by atoms with E-state index in [4.69, 9.17) is 9.47 Å². The number of hydrogen-bond donors (Lipinski definition) is 3. The van der Waals surface area contributed by atoms with Crippen molar-refractivity contribution in [3.8, 4) is 11.5 Å². The quantitative estimate of drug-likeness (QED) is 0.366. The maximum absolute atomic E-state index is 12.2. The zero-order valence-corrected chi connectivity index (χ0v) is 18.5. The van der Waals surface area contributed by atoms with Crippen molar-refractivity contribution in [3.63, 3.8) is 0 Å². The third kappa shape index (κ3) is 7.92. The summed E-state index contributed by atoms with van der Waals surface area (Å²) < 4.78 is 37.5. The number of nitrogens with zero attached hydrogens (tertiary/aromatic N) is 1. The Hall–Kier alpha value is -2.78. The molecule has 2 rings (SSSR count). The van der Waals surface area contributed by atoms with Gasteiger partial charge in [-0.25, -0.2) is 13.1 Å². The average Bonchev–Trinajstić information content (AvgIpc) is 2.77. The molecule has 0 aromatic heterocycles. The van der Waals surface area contributed by atoms with Crippen LogP contribution >= 0.6 is 0 Å². The van der Waals surface area contributed by atoms with Crippen molar-refractivity contribution in [2.24, 2.45) is 4.99 Å². The SMILES string of the molecule is CN=C(NCCc1ccc(OC)c(OC)c1)NCCS(=O)(=O)NCc1ccccc1. The van der Waals surface area contributed by atoms with Gasteiger partial charge in [0.15, 0.2) is 17.5 Å². The van der Waals surface area contributed by atoms with Crippen molar-refractivity contribution < 1.29 is 17.9 Å². The Morgan fingerprint density at radius 3 is 2.30 bits per heavy atom. The summed E-state index contributed by atoms with van der Waals surface area (Å²) in [5.74, 6) is 1.88. The molecule has 0 spiro atoms. The van der Waals surface area contributed by atoms with Crippen LogP contribution in [0.5, 0.6) is 11.5 Å². The zero-order valence-electron chi connectivity index (χ0n) is 17.6. The molecule has 0 heterocycles. The molecule has 0 saturated heterocycles. The first-order valence-electron chi connectivity index (χ1n) is 9.64. The van der Waals surface area contributed by atoms with Crippen LogP contribution in [-0.4, -0.2) is 54.5 Å². The van der Waals surface area contributed by atoms with Crippen molar-refractivity contribution in [1.82, 2.24) is 15.4 Å². The van der Waals surface area contributed by atoms with E-state index in [1.165, 1.54) is 0 Å². The van der Waals surface area contributed by atoms with Gasteiger partial charge >= 0.3 is 0 Å². The van der Waals surface area contributed by atoms with Crippen LogP contribution in [0.2, 0.25) is 0 Å². The molecule has 0 aliphatic carbocycles. The summed E-state index contributed by atoms with van der Waals surface area (Å²) in [6.45, 7) is 1.16. The van der Waals surface area contributed by atoms with Gasteiger partial charge in [-0.2, -0.15) is 0 Å². The standard InChI is InChI=1S/C21H30N4O4S/c1-22-21(23-12-11-17-9-10-19(28-2)20(15-17)29-3)24-13-14-30(26,27)25-16-18-7-5-4-6-8-18/h4-10,15,25H,11-14,16H2,1-3H3,(H2,22,23,24). The normalized spacial score (nSPS) is 11.8. The van der Waals surface area contributed by atoms with E-state index in [-0.39, 0.29) is 18.8 Å². The molecule has 2 aromatic carbocycles. The Labute approximate surface area is 178 Å². The van der Waals surface area contributed by atoms with Gasteiger partial charge in [-0.15, -0.1) is 0 Å². The van der Waals surface area contributed by atoms with Gasteiger partial charge in [0.05, 0.1) is 20.0 Å². The van der Waals surface area contributed by atoms with Crippen molar-refractivity contribution in [1.29, 1.82) is 0 Å². The minimum absolute atomic E-state index is 0.0454. The molecule has 0 atom stereocenters. The van der Waals surface area contributed by atoms with Crippen LogP contribution in [-0.2, 0) is 23.0 Å². The molecule has 3 N–H and O–H groups in total. The van der Waals surface area contributed by atoms with Crippen LogP contribution in [0.25, 0.3) is 0 Å². The van der Waals surface area contributed by atoms with Gasteiger partial charge in [0.1, 0.15) is 0 Å². The van der Waals surface area contributed by atoms with E-state index in [0.717, 1.165) is 17.5 Å². The number of benzene rings is 2. The number of ether oxygens (including phenoxy) is 2. The summed E-state index contributed by atoms with van der Waals surface area (Å²) in [4.78, 5) is 4.13. The molecular formula is C21H30N4O4S. The van der Waals surface area contributed by atoms with E-state index in [1.54, 1.807) is 21.3 Å². The molecule has 0 aliphatic rings. The molecule has 8 nitrogen and oxygen atoms in total. The van der Waals surface area contributed by atoms with Crippen LogP contribution in [0.3, 0.4) is 0 Å². The Morgan fingerprint density at radius 1 is 0.933 bits per heavy atom. The largest absolute Gasteiger partial charge is 0.493 e. The highest BCUT2D eigenvalue weighted by Gasteiger charge is 2.10. The molecule has 0 amide bonds. The van der Waals surface area contributed by atoms with Crippen LogP contribution in [0.4, 0.5) is 0 Å². The predicted octanol–water partition coefficient (Wildman–Crippen LogP) is 1.53. The topological polar surface area (TPSA) is 101 Å².